The molecule has 2 saturated heterocycles. The van der Waals surface area contributed by atoms with Crippen LogP contribution < -0.4 is 0 Å². The second-order valence-electron chi connectivity index (χ2n) is 5.56. The maximum atomic E-state index is 10.00. The average Bonchev–Trinajstić information content (AvgIpc) is 2.80. The average molecular weight is 342 g/mol. The van der Waals surface area contributed by atoms with Gasteiger partial charge in [-0.2, -0.15) is 0 Å². The van der Waals surface area contributed by atoms with Crippen molar-refractivity contribution in [2.75, 3.05) is 19.8 Å². The summed E-state index contributed by atoms with van der Waals surface area (Å²) in [5.74, 6) is -2.22. The van der Waals surface area contributed by atoms with Crippen molar-refractivity contribution >= 4 is 0 Å². The molecule has 9 atom stereocenters. The predicted octanol–water partition coefficient (Wildman–Crippen LogP) is -5.40. The smallest absolute Gasteiger partial charge is 0.224 e. The molecule has 8 N–H and O–H groups in total. The minimum absolute atomic E-state index is 0.669. The van der Waals surface area contributed by atoms with E-state index in [9.17, 15) is 30.6 Å². The third-order valence-electron chi connectivity index (χ3n) is 4.07. The van der Waals surface area contributed by atoms with Gasteiger partial charge < -0.3 is 55.1 Å². The van der Waals surface area contributed by atoms with Gasteiger partial charge in [0.15, 0.2) is 6.29 Å². The van der Waals surface area contributed by atoms with E-state index in [4.69, 9.17) is 24.4 Å². The van der Waals surface area contributed by atoms with Crippen LogP contribution in [0.2, 0.25) is 0 Å². The molecule has 0 aromatic rings. The largest absolute Gasteiger partial charge is 0.394 e. The minimum Gasteiger partial charge on any atom is -0.394 e. The highest BCUT2D eigenvalue weighted by atomic mass is 16.8. The summed E-state index contributed by atoms with van der Waals surface area (Å²) in [5.41, 5.74) is 0. The summed E-state index contributed by atoms with van der Waals surface area (Å²) in [6.07, 6.45) is -12.7. The topological polar surface area (TPSA) is 190 Å². The van der Waals surface area contributed by atoms with Gasteiger partial charge in [-0.15, -0.1) is 0 Å². The number of hydrogen-bond donors (Lipinski definition) is 8. The molecule has 0 aliphatic carbocycles. The molecule has 136 valence electrons. The Morgan fingerprint density at radius 3 is 1.87 bits per heavy atom. The molecule has 11 nitrogen and oxygen atoms in total. The Labute approximate surface area is 130 Å². The van der Waals surface area contributed by atoms with Gasteiger partial charge >= 0.3 is 0 Å². The highest BCUT2D eigenvalue weighted by Gasteiger charge is 2.58. The van der Waals surface area contributed by atoms with Gasteiger partial charge in [0.2, 0.25) is 5.79 Å². The lowest BCUT2D eigenvalue weighted by molar-refractivity contribution is -0.383. The Morgan fingerprint density at radius 1 is 0.783 bits per heavy atom. The van der Waals surface area contributed by atoms with Crippen molar-refractivity contribution in [1.29, 1.82) is 0 Å². The molecule has 0 aromatic carbocycles. The first-order valence-corrected chi connectivity index (χ1v) is 7.05. The zero-order valence-corrected chi connectivity index (χ0v) is 12.0. The van der Waals surface area contributed by atoms with Crippen LogP contribution in [0.1, 0.15) is 0 Å². The highest BCUT2D eigenvalue weighted by molar-refractivity contribution is 4.98. The number of aliphatic hydroxyl groups excluding tert-OH is 8. The SMILES string of the molecule is OC[C@H]1O[C@H](O[C@@]2(CO)O[C@H](CO)[C@@H](O)[C@H]2O)[C@@H](O)[C@@H](O)[C@@H]1O. The van der Waals surface area contributed by atoms with Gasteiger partial charge in [-0.25, -0.2) is 0 Å². The molecule has 11 heteroatoms. The molecular weight excluding hydrogens is 320 g/mol. The molecule has 0 unspecified atom stereocenters. The molecular formula is C12H22O11. The first-order chi connectivity index (χ1) is 10.8. The molecule has 2 heterocycles. The van der Waals surface area contributed by atoms with E-state index in [2.05, 4.69) is 0 Å². The van der Waals surface area contributed by atoms with Crippen LogP contribution in [-0.4, -0.2) is 115 Å². The van der Waals surface area contributed by atoms with Crippen LogP contribution in [0, 0.1) is 0 Å². The van der Waals surface area contributed by atoms with Gasteiger partial charge in [0.25, 0.3) is 0 Å². The third-order valence-corrected chi connectivity index (χ3v) is 4.07. The molecule has 2 aliphatic rings. The summed E-state index contributed by atoms with van der Waals surface area (Å²) >= 11 is 0. The Hall–Kier alpha value is -0.440. The van der Waals surface area contributed by atoms with Gasteiger partial charge in [-0.05, 0) is 0 Å². The fraction of sp³-hybridized carbons (Fsp3) is 1.00. The third kappa shape index (κ3) is 3.23. The summed E-state index contributed by atoms with van der Waals surface area (Å²) in [5, 5.41) is 76.7. The standard InChI is InChI=1S/C12H22O11/c13-1-4-6(16)8(18)9(19)11(21-4)23-12(3-15)10(20)7(17)5(2-14)22-12/h4-11,13-20H,1-3H2/t4-,5-,6-,7-,8+,9+,10-,11-,12-/m1/s1. The summed E-state index contributed by atoms with van der Waals surface area (Å²) in [6.45, 7) is -2.32. The zero-order valence-electron chi connectivity index (χ0n) is 12.0. The maximum Gasteiger partial charge on any atom is 0.224 e. The second-order valence-corrected chi connectivity index (χ2v) is 5.56. The van der Waals surface area contributed by atoms with Crippen molar-refractivity contribution in [1.82, 2.24) is 0 Å². The molecule has 2 fully saturated rings. The zero-order chi connectivity index (χ0) is 17.4. The summed E-state index contributed by atoms with van der Waals surface area (Å²) in [4.78, 5) is 0. The first-order valence-electron chi connectivity index (χ1n) is 7.05. The van der Waals surface area contributed by atoms with E-state index in [1.54, 1.807) is 0 Å². The van der Waals surface area contributed by atoms with Crippen LogP contribution in [0.15, 0.2) is 0 Å². The maximum absolute atomic E-state index is 10.00. The minimum atomic E-state index is -2.22. The normalized spacial score (nSPS) is 51.1. The lowest BCUT2D eigenvalue weighted by Crippen LogP contribution is -2.62. The molecule has 0 bridgehead atoms. The number of rotatable bonds is 5. The quantitative estimate of drug-likeness (QED) is 0.238. The monoisotopic (exact) mass is 342 g/mol. The van der Waals surface area contributed by atoms with E-state index in [1.165, 1.54) is 0 Å². The van der Waals surface area contributed by atoms with Crippen LogP contribution in [0.5, 0.6) is 0 Å². The van der Waals surface area contributed by atoms with E-state index in [0.29, 0.717) is 0 Å². The Morgan fingerprint density at radius 2 is 1.39 bits per heavy atom. The lowest BCUT2D eigenvalue weighted by atomic mass is 9.99. The van der Waals surface area contributed by atoms with Crippen molar-refractivity contribution in [3.63, 3.8) is 0 Å². The summed E-state index contributed by atoms with van der Waals surface area (Å²) in [6, 6.07) is 0. The fourth-order valence-corrected chi connectivity index (χ4v) is 2.63. The summed E-state index contributed by atoms with van der Waals surface area (Å²) < 4.78 is 15.4. The van der Waals surface area contributed by atoms with Crippen LogP contribution in [0.25, 0.3) is 0 Å². The van der Waals surface area contributed by atoms with Crippen LogP contribution in [-0.2, 0) is 14.2 Å². The molecule has 0 spiro atoms. The highest BCUT2D eigenvalue weighted by Crippen LogP contribution is 2.35. The number of ether oxygens (including phenoxy) is 3. The van der Waals surface area contributed by atoms with Gasteiger partial charge in [0.05, 0.1) is 13.2 Å². The van der Waals surface area contributed by atoms with E-state index < -0.39 is 74.6 Å². The molecule has 2 aliphatic heterocycles. The van der Waals surface area contributed by atoms with Crippen molar-refractivity contribution < 1.29 is 55.1 Å². The Kier molecular flexibility index (Phi) is 5.92. The van der Waals surface area contributed by atoms with Gasteiger partial charge in [0, 0.05) is 0 Å². The Balaban J connectivity index is 2.18. The van der Waals surface area contributed by atoms with E-state index in [0.717, 1.165) is 0 Å². The van der Waals surface area contributed by atoms with E-state index in [-0.39, 0.29) is 0 Å². The van der Waals surface area contributed by atoms with Crippen LogP contribution >= 0.6 is 0 Å². The van der Waals surface area contributed by atoms with E-state index >= 15 is 0 Å². The van der Waals surface area contributed by atoms with Gasteiger partial charge in [0.1, 0.15) is 49.3 Å². The second kappa shape index (κ2) is 7.21. The van der Waals surface area contributed by atoms with Gasteiger partial charge in [-0.3, -0.25) is 0 Å². The van der Waals surface area contributed by atoms with E-state index in [1.807, 2.05) is 0 Å². The van der Waals surface area contributed by atoms with Crippen molar-refractivity contribution in [3.8, 4) is 0 Å². The van der Waals surface area contributed by atoms with Crippen molar-refractivity contribution in [2.24, 2.45) is 0 Å². The summed E-state index contributed by atoms with van der Waals surface area (Å²) in [7, 11) is 0. The number of hydrogen-bond acceptors (Lipinski definition) is 11. The first kappa shape index (κ1) is 18.9. The Bertz CT molecular complexity index is 393. The molecule has 2 rings (SSSR count). The van der Waals surface area contributed by atoms with Crippen LogP contribution in [0.4, 0.5) is 0 Å². The predicted molar refractivity (Wildman–Crippen MR) is 68.6 cm³/mol. The molecule has 0 amide bonds. The van der Waals surface area contributed by atoms with Crippen molar-refractivity contribution in [3.05, 3.63) is 0 Å². The number of aliphatic hydroxyl groups is 8. The molecule has 0 aromatic heterocycles. The van der Waals surface area contributed by atoms with Crippen molar-refractivity contribution in [2.45, 2.75) is 54.8 Å². The molecule has 23 heavy (non-hydrogen) atoms. The van der Waals surface area contributed by atoms with Crippen LogP contribution in [0.3, 0.4) is 0 Å². The molecule has 0 saturated carbocycles. The van der Waals surface area contributed by atoms with Gasteiger partial charge in [-0.1, -0.05) is 0 Å². The molecule has 0 radical (unpaired) electrons. The lowest BCUT2D eigenvalue weighted by Gasteiger charge is -2.43. The fourth-order valence-electron chi connectivity index (χ4n) is 2.63.